The summed E-state index contributed by atoms with van der Waals surface area (Å²) >= 11 is 2.08. The van der Waals surface area contributed by atoms with Crippen LogP contribution < -0.4 is 5.32 Å². The molecule has 0 bridgehead atoms. The first-order chi connectivity index (χ1) is 6.67. The molecule has 15 heavy (non-hydrogen) atoms. The molecule has 0 amide bonds. The lowest BCUT2D eigenvalue weighted by atomic mass is 9.91. The Kier molecular flexibility index (Phi) is 5.23. The van der Waals surface area contributed by atoms with Gasteiger partial charge in [-0.15, -0.1) is 12.4 Å². The first-order valence-corrected chi connectivity index (χ1v) is 6.76. The van der Waals surface area contributed by atoms with Crippen molar-refractivity contribution in [1.29, 1.82) is 0 Å². The summed E-state index contributed by atoms with van der Waals surface area (Å²) in [5.41, 5.74) is 0.319. The van der Waals surface area contributed by atoms with Crippen LogP contribution in [0.4, 0.5) is 0 Å². The highest BCUT2D eigenvalue weighted by atomic mass is 35.5. The zero-order valence-corrected chi connectivity index (χ0v) is 11.3. The van der Waals surface area contributed by atoms with Gasteiger partial charge >= 0.3 is 0 Å². The molecule has 1 unspecified atom stereocenters. The molecule has 0 aromatic rings. The van der Waals surface area contributed by atoms with Crippen molar-refractivity contribution in [2.75, 3.05) is 24.7 Å². The first-order valence-electron chi connectivity index (χ1n) is 5.60. The lowest BCUT2D eigenvalue weighted by Crippen LogP contribution is -2.51. The molecule has 2 aliphatic heterocycles. The summed E-state index contributed by atoms with van der Waals surface area (Å²) in [5.74, 6) is 3.39. The van der Waals surface area contributed by atoms with E-state index in [4.69, 9.17) is 4.74 Å². The Balaban J connectivity index is 0.00000112. The number of rotatable bonds is 1. The third-order valence-electron chi connectivity index (χ3n) is 3.13. The van der Waals surface area contributed by atoms with Crippen molar-refractivity contribution >= 4 is 24.2 Å². The Morgan fingerprint density at radius 3 is 2.47 bits per heavy atom. The quantitative estimate of drug-likeness (QED) is 0.774. The Morgan fingerprint density at radius 1 is 1.27 bits per heavy atom. The van der Waals surface area contributed by atoms with Gasteiger partial charge in [-0.2, -0.15) is 11.8 Å². The van der Waals surface area contributed by atoms with Crippen LogP contribution in [-0.2, 0) is 4.74 Å². The Labute approximate surface area is 103 Å². The molecule has 1 atom stereocenters. The van der Waals surface area contributed by atoms with E-state index in [0.29, 0.717) is 11.6 Å². The van der Waals surface area contributed by atoms with Crippen molar-refractivity contribution in [2.45, 2.75) is 32.9 Å². The Morgan fingerprint density at radius 2 is 1.93 bits per heavy atom. The molecular weight excluding hydrogens is 230 g/mol. The van der Waals surface area contributed by atoms with E-state index in [1.807, 2.05) is 0 Å². The average Bonchev–Trinajstić information content (AvgIpc) is 2.19. The summed E-state index contributed by atoms with van der Waals surface area (Å²) in [4.78, 5) is 0. The van der Waals surface area contributed by atoms with Crippen molar-refractivity contribution in [3.63, 3.8) is 0 Å². The van der Waals surface area contributed by atoms with Gasteiger partial charge in [-0.05, 0) is 24.3 Å². The molecule has 2 nitrogen and oxygen atoms in total. The summed E-state index contributed by atoms with van der Waals surface area (Å²) in [6.07, 6.45) is 2.98. The maximum atomic E-state index is 5.91. The molecule has 2 saturated heterocycles. The van der Waals surface area contributed by atoms with E-state index in [2.05, 4.69) is 30.9 Å². The van der Waals surface area contributed by atoms with E-state index in [1.165, 1.54) is 24.3 Å². The number of nitrogens with one attached hydrogen (secondary N) is 1. The summed E-state index contributed by atoms with van der Waals surface area (Å²) in [7, 11) is 0. The first kappa shape index (κ1) is 13.6. The van der Waals surface area contributed by atoms with Gasteiger partial charge in [0.05, 0.1) is 6.61 Å². The second-order valence-corrected chi connectivity index (χ2v) is 6.45. The summed E-state index contributed by atoms with van der Waals surface area (Å²) < 4.78 is 5.91. The van der Waals surface area contributed by atoms with E-state index >= 15 is 0 Å². The van der Waals surface area contributed by atoms with Crippen LogP contribution in [0.5, 0.6) is 0 Å². The third kappa shape index (κ3) is 3.81. The average molecular weight is 252 g/mol. The molecule has 0 aromatic carbocycles. The standard InChI is InChI=1S/C11H21NOS.ClH/c1-11(2)7-12-10(13-8-11)9-3-5-14-6-4-9;/h9-10,12H,3-8H2,1-2H3;1H. The molecule has 4 heteroatoms. The summed E-state index contributed by atoms with van der Waals surface area (Å²) in [5, 5.41) is 3.55. The Hall–Kier alpha value is 0.560. The fourth-order valence-electron chi connectivity index (χ4n) is 2.12. The van der Waals surface area contributed by atoms with Gasteiger partial charge in [-0.1, -0.05) is 13.8 Å². The minimum atomic E-state index is 0. The molecule has 0 aliphatic carbocycles. The fourth-order valence-corrected chi connectivity index (χ4v) is 3.27. The molecular formula is C11H22ClNOS. The molecule has 0 aromatic heterocycles. The molecule has 90 valence electrons. The van der Waals surface area contributed by atoms with Crippen LogP contribution in [0.3, 0.4) is 0 Å². The number of ether oxygens (including phenoxy) is 1. The van der Waals surface area contributed by atoms with Gasteiger partial charge in [-0.25, -0.2) is 0 Å². The topological polar surface area (TPSA) is 21.3 Å². The smallest absolute Gasteiger partial charge is 0.111 e. The van der Waals surface area contributed by atoms with Crippen LogP contribution in [0.15, 0.2) is 0 Å². The second-order valence-electron chi connectivity index (χ2n) is 5.23. The number of hydrogen-bond donors (Lipinski definition) is 1. The largest absolute Gasteiger partial charge is 0.362 e. The summed E-state index contributed by atoms with van der Waals surface area (Å²) in [6.45, 7) is 6.52. The van der Waals surface area contributed by atoms with Gasteiger partial charge in [0.2, 0.25) is 0 Å². The highest BCUT2D eigenvalue weighted by molar-refractivity contribution is 7.99. The van der Waals surface area contributed by atoms with Crippen molar-refractivity contribution in [3.05, 3.63) is 0 Å². The minimum absolute atomic E-state index is 0. The number of halogens is 1. The lowest BCUT2D eigenvalue weighted by Gasteiger charge is -2.40. The highest BCUT2D eigenvalue weighted by Crippen LogP contribution is 2.29. The molecule has 0 saturated carbocycles. The van der Waals surface area contributed by atoms with E-state index < -0.39 is 0 Å². The van der Waals surface area contributed by atoms with Gasteiger partial charge < -0.3 is 4.74 Å². The van der Waals surface area contributed by atoms with Crippen molar-refractivity contribution in [2.24, 2.45) is 11.3 Å². The van der Waals surface area contributed by atoms with E-state index in [-0.39, 0.29) is 12.4 Å². The normalized spacial score (nSPS) is 32.0. The maximum absolute atomic E-state index is 5.91. The van der Waals surface area contributed by atoms with Gasteiger partial charge in [0.25, 0.3) is 0 Å². The van der Waals surface area contributed by atoms with Gasteiger partial charge in [-0.3, -0.25) is 5.32 Å². The highest BCUT2D eigenvalue weighted by Gasteiger charge is 2.32. The van der Waals surface area contributed by atoms with Crippen LogP contribution >= 0.6 is 24.2 Å². The molecule has 0 spiro atoms. The molecule has 2 fully saturated rings. The van der Waals surface area contributed by atoms with E-state index in [9.17, 15) is 0 Å². The molecule has 2 rings (SSSR count). The molecule has 1 N–H and O–H groups in total. The van der Waals surface area contributed by atoms with E-state index in [1.54, 1.807) is 0 Å². The second kappa shape index (κ2) is 5.76. The predicted molar refractivity (Wildman–Crippen MR) is 68.8 cm³/mol. The fraction of sp³-hybridized carbons (Fsp3) is 1.00. The number of thioether (sulfide) groups is 1. The lowest BCUT2D eigenvalue weighted by molar-refractivity contribution is -0.0862. The zero-order chi connectivity index (χ0) is 10.0. The van der Waals surface area contributed by atoms with Crippen LogP contribution in [0.25, 0.3) is 0 Å². The Bertz CT molecular complexity index is 185. The minimum Gasteiger partial charge on any atom is -0.362 e. The van der Waals surface area contributed by atoms with Gasteiger partial charge in [0, 0.05) is 17.9 Å². The third-order valence-corrected chi connectivity index (χ3v) is 4.18. The predicted octanol–water partition coefficient (Wildman–Crippen LogP) is 2.52. The van der Waals surface area contributed by atoms with Crippen molar-refractivity contribution in [3.8, 4) is 0 Å². The van der Waals surface area contributed by atoms with Crippen LogP contribution in [0, 0.1) is 11.3 Å². The maximum Gasteiger partial charge on any atom is 0.111 e. The van der Waals surface area contributed by atoms with Gasteiger partial charge in [0.15, 0.2) is 0 Å². The van der Waals surface area contributed by atoms with E-state index in [0.717, 1.165) is 19.1 Å². The van der Waals surface area contributed by atoms with Crippen LogP contribution in [0.2, 0.25) is 0 Å². The van der Waals surface area contributed by atoms with Gasteiger partial charge in [0.1, 0.15) is 6.23 Å². The molecule has 2 aliphatic rings. The SMILES string of the molecule is CC1(C)CNC(C2CCSCC2)OC1.Cl. The number of hydrogen-bond acceptors (Lipinski definition) is 3. The van der Waals surface area contributed by atoms with Crippen molar-refractivity contribution in [1.82, 2.24) is 5.32 Å². The monoisotopic (exact) mass is 251 g/mol. The van der Waals surface area contributed by atoms with Crippen molar-refractivity contribution < 1.29 is 4.74 Å². The van der Waals surface area contributed by atoms with Crippen LogP contribution in [-0.4, -0.2) is 30.9 Å². The van der Waals surface area contributed by atoms with Crippen LogP contribution in [0.1, 0.15) is 26.7 Å². The summed E-state index contributed by atoms with van der Waals surface area (Å²) in [6, 6.07) is 0. The molecule has 2 heterocycles. The zero-order valence-electron chi connectivity index (χ0n) is 9.62. The molecule has 0 radical (unpaired) electrons.